The van der Waals surface area contributed by atoms with Crippen molar-refractivity contribution < 1.29 is 19.1 Å². The Morgan fingerprint density at radius 3 is 1.73 bits per heavy atom. The number of ether oxygens (including phenoxy) is 2. The first-order chi connectivity index (χ1) is 12.6. The first kappa shape index (κ1) is 19.8. The highest BCUT2D eigenvalue weighted by Gasteiger charge is 2.14. The van der Waals surface area contributed by atoms with Gasteiger partial charge < -0.3 is 9.47 Å². The highest BCUT2D eigenvalue weighted by Crippen LogP contribution is 2.22. The number of thioether (sulfide) groups is 1. The topological polar surface area (TPSA) is 52.6 Å². The number of hydrogen-bond acceptors (Lipinski definition) is 5. The number of rotatable bonds is 9. The minimum absolute atomic E-state index is 0.181. The van der Waals surface area contributed by atoms with Crippen LogP contribution in [0.5, 0.6) is 11.5 Å². The predicted octanol–water partition coefficient (Wildman–Crippen LogP) is 4.80. The molecule has 0 aliphatic rings. The van der Waals surface area contributed by atoms with Crippen LogP contribution in [-0.2, 0) is 0 Å². The van der Waals surface area contributed by atoms with Crippen LogP contribution in [0.1, 0.15) is 34.6 Å². The van der Waals surface area contributed by atoms with E-state index in [0.29, 0.717) is 40.7 Å². The lowest BCUT2D eigenvalue weighted by molar-refractivity contribution is 0.101. The Bertz CT molecular complexity index is 777. The molecule has 0 unspecified atom stereocenters. The molecular formula is C21H22O4S. The number of carbonyl (C=O) groups excluding carboxylic acids is 2. The van der Waals surface area contributed by atoms with Gasteiger partial charge in [0.05, 0.1) is 18.1 Å². The second kappa shape index (κ2) is 9.82. The summed E-state index contributed by atoms with van der Waals surface area (Å²) >= 11 is 1.26. The van der Waals surface area contributed by atoms with Crippen molar-refractivity contribution in [2.24, 2.45) is 0 Å². The molecule has 136 valence electrons. The maximum atomic E-state index is 12.6. The van der Waals surface area contributed by atoms with Crippen LogP contribution in [0.15, 0.2) is 59.5 Å². The molecule has 0 N–H and O–H groups in total. The Labute approximate surface area is 158 Å². The number of carbonyl (C=O) groups is 2. The van der Waals surface area contributed by atoms with Gasteiger partial charge in [0.25, 0.3) is 0 Å². The summed E-state index contributed by atoms with van der Waals surface area (Å²) in [6.45, 7) is 4.94. The van der Waals surface area contributed by atoms with Crippen molar-refractivity contribution in [3.05, 3.63) is 70.6 Å². The minimum atomic E-state index is -0.211. The van der Waals surface area contributed by atoms with Gasteiger partial charge in [-0.05, 0) is 68.6 Å². The van der Waals surface area contributed by atoms with Crippen LogP contribution >= 0.6 is 11.8 Å². The molecule has 0 aliphatic heterocycles. The molecule has 4 nitrogen and oxygen atoms in total. The fourth-order valence-corrected chi connectivity index (χ4v) is 2.84. The van der Waals surface area contributed by atoms with E-state index in [9.17, 15) is 9.59 Å². The molecule has 26 heavy (non-hydrogen) atoms. The zero-order valence-corrected chi connectivity index (χ0v) is 16.0. The summed E-state index contributed by atoms with van der Waals surface area (Å²) in [5.74, 6) is 1.03. The van der Waals surface area contributed by atoms with Gasteiger partial charge in [-0.3, -0.25) is 9.59 Å². The molecule has 0 amide bonds. The third-order valence-electron chi connectivity index (χ3n) is 3.58. The molecule has 0 radical (unpaired) electrons. The van der Waals surface area contributed by atoms with Crippen molar-refractivity contribution in [1.82, 2.24) is 0 Å². The second-order valence-corrected chi connectivity index (χ2v) is 6.17. The van der Waals surface area contributed by atoms with Crippen molar-refractivity contribution in [3.8, 4) is 11.5 Å². The van der Waals surface area contributed by atoms with Gasteiger partial charge in [-0.15, -0.1) is 11.8 Å². The van der Waals surface area contributed by atoms with Crippen molar-refractivity contribution in [1.29, 1.82) is 0 Å². The molecule has 0 spiro atoms. The van der Waals surface area contributed by atoms with Gasteiger partial charge in [0, 0.05) is 17.2 Å². The maximum Gasteiger partial charge on any atom is 0.199 e. The summed E-state index contributed by atoms with van der Waals surface area (Å²) in [7, 11) is 0. The van der Waals surface area contributed by atoms with Crippen molar-refractivity contribution in [3.63, 3.8) is 0 Å². The van der Waals surface area contributed by atoms with Crippen LogP contribution < -0.4 is 9.47 Å². The highest BCUT2D eigenvalue weighted by atomic mass is 32.2. The zero-order valence-electron chi connectivity index (χ0n) is 15.2. The van der Waals surface area contributed by atoms with Gasteiger partial charge in [0.1, 0.15) is 11.5 Å². The molecule has 0 aliphatic carbocycles. The molecule has 0 bridgehead atoms. The summed E-state index contributed by atoms with van der Waals surface area (Å²) in [5, 5.41) is 0. The molecule has 0 aromatic heterocycles. The fraction of sp³-hybridized carbons (Fsp3) is 0.238. The molecule has 2 aromatic carbocycles. The number of benzene rings is 2. The normalized spacial score (nSPS) is 11.1. The molecule has 0 heterocycles. The summed E-state index contributed by atoms with van der Waals surface area (Å²) in [6.07, 6.45) is 3.17. The van der Waals surface area contributed by atoms with E-state index in [2.05, 4.69) is 0 Å². The Morgan fingerprint density at radius 2 is 1.31 bits per heavy atom. The zero-order chi connectivity index (χ0) is 18.9. The summed E-state index contributed by atoms with van der Waals surface area (Å²) in [6, 6.07) is 13.8. The van der Waals surface area contributed by atoms with E-state index in [1.165, 1.54) is 17.8 Å². The fourth-order valence-electron chi connectivity index (χ4n) is 2.31. The molecular weight excluding hydrogens is 348 g/mol. The highest BCUT2D eigenvalue weighted by molar-refractivity contribution is 8.03. The van der Waals surface area contributed by atoms with E-state index in [1.54, 1.807) is 54.8 Å². The molecule has 0 atom stereocenters. The van der Waals surface area contributed by atoms with Crippen molar-refractivity contribution in [2.75, 3.05) is 19.5 Å². The quantitative estimate of drug-likeness (QED) is 0.469. The predicted molar refractivity (Wildman–Crippen MR) is 105 cm³/mol. The van der Waals surface area contributed by atoms with E-state index in [0.717, 1.165) is 0 Å². The van der Waals surface area contributed by atoms with Gasteiger partial charge in [-0.1, -0.05) is 0 Å². The van der Waals surface area contributed by atoms with Crippen LogP contribution in [0, 0.1) is 0 Å². The molecule has 0 saturated carbocycles. The van der Waals surface area contributed by atoms with Crippen LogP contribution in [0.25, 0.3) is 0 Å². The van der Waals surface area contributed by atoms with Crippen molar-refractivity contribution >= 4 is 23.3 Å². The number of allylic oxidation sites excluding steroid dienone is 2. The minimum Gasteiger partial charge on any atom is -0.494 e. The molecule has 2 rings (SSSR count). The largest absolute Gasteiger partial charge is 0.494 e. The van der Waals surface area contributed by atoms with E-state index >= 15 is 0 Å². The average Bonchev–Trinajstić information content (AvgIpc) is 2.67. The lowest BCUT2D eigenvalue weighted by atomic mass is 10.1. The van der Waals surface area contributed by atoms with Crippen LogP contribution in [0.4, 0.5) is 0 Å². The number of ketones is 2. The Morgan fingerprint density at radius 1 is 0.846 bits per heavy atom. The van der Waals surface area contributed by atoms with E-state index in [-0.39, 0.29) is 11.6 Å². The Balaban J connectivity index is 2.17. The average molecular weight is 370 g/mol. The standard InChI is InChI=1S/C21H22O4S/c1-4-24-17-10-6-15(7-11-17)19(22)14-20(26-3)21(23)16-8-12-18(13-9-16)25-5-2/h6-14H,4-5H2,1-3H3/b20-14-. The summed E-state index contributed by atoms with van der Waals surface area (Å²) in [4.78, 5) is 25.5. The summed E-state index contributed by atoms with van der Waals surface area (Å²) in [5.41, 5.74) is 1.04. The van der Waals surface area contributed by atoms with Crippen molar-refractivity contribution in [2.45, 2.75) is 13.8 Å². The third-order valence-corrected chi connectivity index (χ3v) is 4.33. The molecule has 0 fully saturated rings. The Kier molecular flexibility index (Phi) is 7.48. The second-order valence-electron chi connectivity index (χ2n) is 5.32. The molecule has 0 saturated heterocycles. The first-order valence-electron chi connectivity index (χ1n) is 8.39. The Hall–Kier alpha value is -2.53. The maximum absolute atomic E-state index is 12.6. The van der Waals surface area contributed by atoms with E-state index in [4.69, 9.17) is 9.47 Å². The number of Topliss-reactive ketones (excluding diaryl/α,β-unsaturated/α-hetero) is 1. The molecule has 5 heteroatoms. The number of hydrogen-bond donors (Lipinski definition) is 0. The monoisotopic (exact) mass is 370 g/mol. The lowest BCUT2D eigenvalue weighted by Crippen LogP contribution is -2.04. The van der Waals surface area contributed by atoms with E-state index in [1.807, 2.05) is 13.8 Å². The van der Waals surface area contributed by atoms with Crippen LogP contribution in [-0.4, -0.2) is 31.0 Å². The lowest BCUT2D eigenvalue weighted by Gasteiger charge is -2.07. The first-order valence-corrected chi connectivity index (χ1v) is 9.62. The molecule has 2 aromatic rings. The van der Waals surface area contributed by atoms with Crippen LogP contribution in [0.3, 0.4) is 0 Å². The third kappa shape index (κ3) is 5.23. The van der Waals surface area contributed by atoms with Gasteiger partial charge in [0.15, 0.2) is 11.6 Å². The summed E-state index contributed by atoms with van der Waals surface area (Å²) < 4.78 is 10.8. The van der Waals surface area contributed by atoms with E-state index < -0.39 is 0 Å². The van der Waals surface area contributed by atoms with Gasteiger partial charge in [-0.25, -0.2) is 0 Å². The van der Waals surface area contributed by atoms with Gasteiger partial charge in [0.2, 0.25) is 0 Å². The smallest absolute Gasteiger partial charge is 0.199 e. The van der Waals surface area contributed by atoms with Gasteiger partial charge in [-0.2, -0.15) is 0 Å². The SMILES string of the molecule is CCOc1ccc(C(=O)/C=C(\SC)C(=O)c2ccc(OCC)cc2)cc1. The van der Waals surface area contributed by atoms with Crippen LogP contribution in [0.2, 0.25) is 0 Å². The van der Waals surface area contributed by atoms with Gasteiger partial charge >= 0.3 is 0 Å².